The third-order valence-electron chi connectivity index (χ3n) is 3.20. The Morgan fingerprint density at radius 1 is 1.05 bits per heavy atom. The molecule has 0 atom stereocenters. The third-order valence-corrected chi connectivity index (χ3v) is 4.83. The number of amides is 1. The Balaban J connectivity index is 2.27. The zero-order valence-electron chi connectivity index (χ0n) is 11.3. The largest absolute Gasteiger partial charge is 0.480 e. The first-order valence-corrected chi connectivity index (χ1v) is 8.26. The number of aliphatic carboxylic acids is 1. The number of nitrogens with zero attached hydrogens (tertiary/aromatic N) is 2. The topological polar surface area (TPSA) is 121 Å². The van der Waals surface area contributed by atoms with Gasteiger partial charge in [-0.25, -0.2) is 8.42 Å². The van der Waals surface area contributed by atoms with Crippen molar-refractivity contribution < 1.29 is 23.1 Å². The summed E-state index contributed by atoms with van der Waals surface area (Å²) in [5, 5.41) is 8.67. The molecule has 0 spiro atoms. The molecular weight excluding hydrogens is 286 g/mol. The fourth-order valence-electron chi connectivity index (χ4n) is 1.99. The van der Waals surface area contributed by atoms with Gasteiger partial charge in [0.25, 0.3) is 0 Å². The fraction of sp³-hybridized carbons (Fsp3) is 0.818. The number of carbonyl (C=O) groups excluding carboxylic acids is 1. The third kappa shape index (κ3) is 6.83. The van der Waals surface area contributed by atoms with Crippen LogP contribution in [-0.2, 0) is 19.4 Å². The highest BCUT2D eigenvalue weighted by Crippen LogP contribution is 2.03. The normalized spacial score (nSPS) is 18.0. The van der Waals surface area contributed by atoms with E-state index in [4.69, 9.17) is 10.8 Å². The molecule has 1 rings (SSSR count). The lowest BCUT2D eigenvalue weighted by molar-refractivity contribution is -0.138. The molecule has 9 heteroatoms. The quantitative estimate of drug-likeness (QED) is 0.531. The molecule has 0 aromatic rings. The summed E-state index contributed by atoms with van der Waals surface area (Å²) in [6, 6.07) is 0. The predicted octanol–water partition coefficient (Wildman–Crippen LogP) is -2.02. The molecule has 20 heavy (non-hydrogen) atoms. The Bertz CT molecular complexity index is 443. The van der Waals surface area contributed by atoms with Gasteiger partial charge in [0, 0.05) is 39.1 Å². The van der Waals surface area contributed by atoms with Crippen LogP contribution in [0.1, 0.15) is 6.42 Å². The van der Waals surface area contributed by atoms with E-state index < -0.39 is 21.7 Å². The van der Waals surface area contributed by atoms with Crippen LogP contribution in [0.2, 0.25) is 0 Å². The number of carboxylic acid groups (broad SMARTS) is 1. The van der Waals surface area contributed by atoms with Crippen molar-refractivity contribution in [2.24, 2.45) is 5.73 Å². The van der Waals surface area contributed by atoms with Crippen LogP contribution in [0, 0.1) is 0 Å². The van der Waals surface area contributed by atoms with Gasteiger partial charge in [-0.05, 0) is 0 Å². The highest BCUT2D eigenvalue weighted by molar-refractivity contribution is 7.91. The average molecular weight is 307 g/mol. The summed E-state index contributed by atoms with van der Waals surface area (Å²) < 4.78 is 23.3. The summed E-state index contributed by atoms with van der Waals surface area (Å²) in [4.78, 5) is 24.9. The van der Waals surface area contributed by atoms with Crippen LogP contribution in [0.25, 0.3) is 0 Å². The lowest BCUT2D eigenvalue weighted by atomic mass is 10.3. The fourth-order valence-corrected chi connectivity index (χ4v) is 3.24. The molecule has 1 heterocycles. The van der Waals surface area contributed by atoms with Gasteiger partial charge in [0.05, 0.1) is 18.1 Å². The second kappa shape index (κ2) is 7.55. The number of hydrogen-bond acceptors (Lipinski definition) is 6. The van der Waals surface area contributed by atoms with Crippen molar-refractivity contribution >= 4 is 21.7 Å². The Morgan fingerprint density at radius 2 is 1.60 bits per heavy atom. The van der Waals surface area contributed by atoms with Gasteiger partial charge >= 0.3 is 5.97 Å². The van der Waals surface area contributed by atoms with Crippen molar-refractivity contribution in [2.45, 2.75) is 6.42 Å². The molecule has 0 aromatic heterocycles. The minimum atomic E-state index is -3.26. The maximum Gasteiger partial charge on any atom is 0.317 e. The van der Waals surface area contributed by atoms with E-state index in [0.29, 0.717) is 32.7 Å². The van der Waals surface area contributed by atoms with E-state index >= 15 is 0 Å². The Labute approximate surface area is 118 Å². The van der Waals surface area contributed by atoms with E-state index in [1.54, 1.807) is 0 Å². The van der Waals surface area contributed by atoms with Crippen LogP contribution in [-0.4, -0.2) is 86.0 Å². The van der Waals surface area contributed by atoms with Crippen molar-refractivity contribution in [3.05, 3.63) is 0 Å². The second-order valence-corrected chi connectivity index (χ2v) is 7.18. The SMILES string of the molecule is NC(=O)CCS(=O)(=O)CCN1CCN(CC(=O)O)CC1. The number of piperazine rings is 1. The molecule has 0 aromatic carbocycles. The number of hydrogen-bond donors (Lipinski definition) is 2. The second-order valence-electron chi connectivity index (χ2n) is 4.88. The van der Waals surface area contributed by atoms with Crippen molar-refractivity contribution in [1.82, 2.24) is 9.80 Å². The van der Waals surface area contributed by atoms with E-state index in [2.05, 4.69) is 0 Å². The van der Waals surface area contributed by atoms with E-state index in [9.17, 15) is 18.0 Å². The van der Waals surface area contributed by atoms with Crippen molar-refractivity contribution in [3.63, 3.8) is 0 Å². The van der Waals surface area contributed by atoms with Gasteiger partial charge in [-0.15, -0.1) is 0 Å². The Hall–Kier alpha value is -1.19. The summed E-state index contributed by atoms with van der Waals surface area (Å²) in [5.41, 5.74) is 4.93. The first-order valence-electron chi connectivity index (χ1n) is 6.44. The van der Waals surface area contributed by atoms with Gasteiger partial charge in [-0.2, -0.15) is 0 Å². The summed E-state index contributed by atoms with van der Waals surface area (Å²) in [5.74, 6) is -1.68. The number of carboxylic acids is 1. The Kier molecular flexibility index (Phi) is 6.37. The monoisotopic (exact) mass is 307 g/mol. The molecular formula is C11H21N3O5S. The number of primary amides is 1. The first-order chi connectivity index (χ1) is 9.28. The molecule has 116 valence electrons. The maximum atomic E-state index is 11.7. The average Bonchev–Trinajstić information content (AvgIpc) is 2.35. The number of carbonyl (C=O) groups is 2. The van der Waals surface area contributed by atoms with Crippen LogP contribution in [0.15, 0.2) is 0 Å². The molecule has 0 bridgehead atoms. The van der Waals surface area contributed by atoms with Crippen LogP contribution >= 0.6 is 0 Å². The summed E-state index contributed by atoms with van der Waals surface area (Å²) in [6.07, 6.45) is -0.144. The van der Waals surface area contributed by atoms with Gasteiger partial charge in [-0.1, -0.05) is 0 Å². The summed E-state index contributed by atoms with van der Waals surface area (Å²) in [6.45, 7) is 2.96. The lowest BCUT2D eigenvalue weighted by Crippen LogP contribution is -2.49. The summed E-state index contributed by atoms with van der Waals surface area (Å²) in [7, 11) is -3.26. The highest BCUT2D eigenvalue weighted by Gasteiger charge is 2.20. The van der Waals surface area contributed by atoms with Crippen LogP contribution in [0.3, 0.4) is 0 Å². The molecule has 1 fully saturated rings. The minimum absolute atomic E-state index is 0.000783. The molecule has 1 amide bonds. The van der Waals surface area contributed by atoms with Crippen LogP contribution < -0.4 is 5.73 Å². The molecule has 1 aliphatic rings. The van der Waals surface area contributed by atoms with Gasteiger partial charge in [0.15, 0.2) is 9.84 Å². The highest BCUT2D eigenvalue weighted by atomic mass is 32.2. The number of nitrogens with two attached hydrogens (primary N) is 1. The Morgan fingerprint density at radius 3 is 2.10 bits per heavy atom. The minimum Gasteiger partial charge on any atom is -0.480 e. The molecule has 1 aliphatic heterocycles. The first kappa shape index (κ1) is 16.9. The molecule has 1 saturated heterocycles. The van der Waals surface area contributed by atoms with Crippen molar-refractivity contribution in [3.8, 4) is 0 Å². The molecule has 0 unspecified atom stereocenters. The van der Waals surface area contributed by atoms with Crippen molar-refractivity contribution in [2.75, 3.05) is 50.8 Å². The molecule has 0 saturated carbocycles. The van der Waals surface area contributed by atoms with Crippen molar-refractivity contribution in [1.29, 1.82) is 0 Å². The van der Waals surface area contributed by atoms with E-state index in [1.807, 2.05) is 9.80 Å². The standard InChI is InChI=1S/C11H21N3O5S/c12-10(15)1-7-20(18,19)8-6-13-2-4-14(5-3-13)9-11(16)17/h1-9H2,(H2,12,15)(H,16,17). The number of rotatable bonds is 8. The van der Waals surface area contributed by atoms with E-state index in [0.717, 1.165) is 0 Å². The molecule has 3 N–H and O–H groups in total. The lowest BCUT2D eigenvalue weighted by Gasteiger charge is -2.33. The van der Waals surface area contributed by atoms with Gasteiger partial charge in [-0.3, -0.25) is 19.4 Å². The van der Waals surface area contributed by atoms with E-state index in [1.165, 1.54) is 0 Å². The molecule has 0 radical (unpaired) electrons. The maximum absolute atomic E-state index is 11.7. The van der Waals surface area contributed by atoms with Gasteiger partial charge in [0.1, 0.15) is 0 Å². The van der Waals surface area contributed by atoms with Crippen LogP contribution in [0.5, 0.6) is 0 Å². The van der Waals surface area contributed by atoms with E-state index in [-0.39, 0.29) is 24.5 Å². The predicted molar refractivity (Wildman–Crippen MR) is 73.0 cm³/mol. The van der Waals surface area contributed by atoms with Gasteiger partial charge in [0.2, 0.25) is 5.91 Å². The molecule has 0 aliphatic carbocycles. The van der Waals surface area contributed by atoms with Gasteiger partial charge < -0.3 is 10.8 Å². The zero-order chi connectivity index (χ0) is 15.2. The molecule has 8 nitrogen and oxygen atoms in total. The zero-order valence-corrected chi connectivity index (χ0v) is 12.1. The smallest absolute Gasteiger partial charge is 0.317 e. The summed E-state index contributed by atoms with van der Waals surface area (Å²) >= 11 is 0. The van der Waals surface area contributed by atoms with Crippen LogP contribution in [0.4, 0.5) is 0 Å². The number of sulfone groups is 1.